The molecule has 0 saturated heterocycles. The molecule has 1 aromatic heterocycles. The van der Waals surface area contributed by atoms with Crippen molar-refractivity contribution >= 4 is 17.4 Å². The van der Waals surface area contributed by atoms with E-state index in [0.717, 1.165) is 22.6 Å². The van der Waals surface area contributed by atoms with E-state index in [1.54, 1.807) is 43.3 Å². The Balaban J connectivity index is 1.83. The van der Waals surface area contributed by atoms with Crippen LogP contribution < -0.4 is 9.47 Å². The first-order valence-electron chi connectivity index (χ1n) is 9.38. The molecule has 0 spiro atoms. The molecule has 1 atom stereocenters. The summed E-state index contributed by atoms with van der Waals surface area (Å²) in [5, 5.41) is 0.634. The summed E-state index contributed by atoms with van der Waals surface area (Å²) in [6, 6.07) is 13.3. The van der Waals surface area contributed by atoms with Crippen LogP contribution in [-0.2, 0) is 0 Å². The van der Waals surface area contributed by atoms with Crippen LogP contribution in [0.2, 0.25) is 5.02 Å². The van der Waals surface area contributed by atoms with Gasteiger partial charge in [-0.15, -0.1) is 0 Å². The minimum absolute atomic E-state index is 0.0767. The molecular weight excluding hydrogens is 412 g/mol. The second-order valence-electron chi connectivity index (χ2n) is 7.03. The van der Waals surface area contributed by atoms with E-state index in [1.165, 1.54) is 12.1 Å². The first kappa shape index (κ1) is 21.8. The zero-order valence-corrected chi connectivity index (χ0v) is 17.8. The minimum atomic E-state index is -2.87. The number of Topliss-reactive ketones (excluding diaryl/α,β-unsaturated/α-hetero) is 1. The Bertz CT molecular complexity index is 1060. The molecule has 0 saturated carbocycles. The molecule has 30 heavy (non-hydrogen) atoms. The van der Waals surface area contributed by atoms with Crippen molar-refractivity contribution in [2.45, 2.75) is 40.4 Å². The summed E-state index contributed by atoms with van der Waals surface area (Å²) in [5.74, 6) is 0.494. The largest absolute Gasteiger partial charge is 0.483 e. The molecule has 2 aromatic carbocycles. The Hall–Kier alpha value is -2.86. The van der Waals surface area contributed by atoms with Gasteiger partial charge in [-0.05, 0) is 81.8 Å². The number of alkyl halides is 2. The van der Waals surface area contributed by atoms with Crippen LogP contribution in [-0.4, -0.2) is 23.1 Å². The number of carbonyl (C=O) groups is 1. The third-order valence-electron chi connectivity index (χ3n) is 4.83. The van der Waals surface area contributed by atoms with Crippen LogP contribution in [0.1, 0.15) is 34.2 Å². The van der Waals surface area contributed by atoms with Gasteiger partial charge in [0.25, 0.3) is 0 Å². The number of aromatic nitrogens is 1. The van der Waals surface area contributed by atoms with Gasteiger partial charge in [-0.2, -0.15) is 8.78 Å². The third kappa shape index (κ3) is 4.65. The van der Waals surface area contributed by atoms with E-state index in [-0.39, 0.29) is 11.5 Å². The van der Waals surface area contributed by atoms with Crippen molar-refractivity contribution in [3.8, 4) is 17.2 Å². The van der Waals surface area contributed by atoms with Crippen LogP contribution in [0.15, 0.2) is 48.5 Å². The molecule has 0 radical (unpaired) electrons. The Morgan fingerprint density at radius 1 is 0.967 bits per heavy atom. The Morgan fingerprint density at radius 3 is 2.20 bits per heavy atom. The van der Waals surface area contributed by atoms with Gasteiger partial charge in [0.1, 0.15) is 11.5 Å². The summed E-state index contributed by atoms with van der Waals surface area (Å²) in [6.07, 6.45) is -0.693. The van der Waals surface area contributed by atoms with Crippen molar-refractivity contribution in [3.63, 3.8) is 0 Å². The average molecular weight is 434 g/mol. The van der Waals surface area contributed by atoms with Crippen LogP contribution in [0, 0.1) is 20.8 Å². The zero-order valence-electron chi connectivity index (χ0n) is 17.1. The molecular formula is C23H22ClF2NO3. The first-order chi connectivity index (χ1) is 14.2. The summed E-state index contributed by atoms with van der Waals surface area (Å²) in [4.78, 5) is 13.0. The molecule has 1 heterocycles. The lowest BCUT2D eigenvalue weighted by Gasteiger charge is -2.15. The number of rotatable bonds is 7. The van der Waals surface area contributed by atoms with Crippen molar-refractivity contribution in [1.29, 1.82) is 0 Å². The van der Waals surface area contributed by atoms with Crippen molar-refractivity contribution in [3.05, 3.63) is 76.1 Å². The Morgan fingerprint density at radius 2 is 1.60 bits per heavy atom. The number of aryl methyl sites for hydroxylation is 2. The number of benzene rings is 2. The van der Waals surface area contributed by atoms with Gasteiger partial charge in [0.05, 0.1) is 0 Å². The number of halogens is 3. The molecule has 0 aliphatic carbocycles. The van der Waals surface area contributed by atoms with Crippen molar-refractivity contribution < 1.29 is 23.0 Å². The monoisotopic (exact) mass is 433 g/mol. The van der Waals surface area contributed by atoms with E-state index < -0.39 is 12.7 Å². The molecule has 0 amide bonds. The van der Waals surface area contributed by atoms with Crippen LogP contribution in [0.3, 0.4) is 0 Å². The lowest BCUT2D eigenvalue weighted by Crippen LogP contribution is -2.24. The van der Waals surface area contributed by atoms with E-state index in [1.807, 2.05) is 25.3 Å². The van der Waals surface area contributed by atoms with Crippen LogP contribution in [0.5, 0.6) is 11.5 Å². The number of hydrogen-bond acceptors (Lipinski definition) is 3. The maximum Gasteiger partial charge on any atom is 0.387 e. The quantitative estimate of drug-likeness (QED) is 0.410. The van der Waals surface area contributed by atoms with E-state index in [4.69, 9.17) is 16.3 Å². The minimum Gasteiger partial charge on any atom is -0.483 e. The van der Waals surface area contributed by atoms with Gasteiger partial charge in [-0.3, -0.25) is 4.79 Å². The van der Waals surface area contributed by atoms with E-state index >= 15 is 0 Å². The highest BCUT2D eigenvalue weighted by Crippen LogP contribution is 2.26. The van der Waals surface area contributed by atoms with Crippen molar-refractivity contribution in [2.24, 2.45) is 0 Å². The third-order valence-corrected chi connectivity index (χ3v) is 5.25. The molecule has 0 N–H and O–H groups in total. The Labute approximate surface area is 179 Å². The lowest BCUT2D eigenvalue weighted by molar-refractivity contribution is -0.0498. The second-order valence-corrected chi connectivity index (χ2v) is 7.44. The maximum absolute atomic E-state index is 13.0. The second kappa shape index (κ2) is 8.88. The zero-order chi connectivity index (χ0) is 22.0. The van der Waals surface area contributed by atoms with Crippen LogP contribution >= 0.6 is 11.6 Å². The average Bonchev–Trinajstić information content (AvgIpc) is 2.98. The number of nitrogens with zero attached hydrogens (tertiary/aromatic N) is 1. The van der Waals surface area contributed by atoms with Crippen LogP contribution in [0.25, 0.3) is 5.69 Å². The highest BCUT2D eigenvalue weighted by molar-refractivity contribution is 6.31. The lowest BCUT2D eigenvalue weighted by atomic mass is 10.1. The summed E-state index contributed by atoms with van der Waals surface area (Å²) >= 11 is 6.04. The molecule has 0 aliphatic rings. The highest BCUT2D eigenvalue weighted by atomic mass is 35.5. The fourth-order valence-electron chi connectivity index (χ4n) is 3.35. The normalized spacial score (nSPS) is 12.1. The van der Waals surface area contributed by atoms with Gasteiger partial charge in [0.15, 0.2) is 6.10 Å². The van der Waals surface area contributed by atoms with Gasteiger partial charge >= 0.3 is 6.61 Å². The molecule has 0 aliphatic heterocycles. The molecule has 1 unspecified atom stereocenters. The molecule has 7 heteroatoms. The fraction of sp³-hybridized carbons (Fsp3) is 0.261. The maximum atomic E-state index is 13.0. The summed E-state index contributed by atoms with van der Waals surface area (Å²) in [7, 11) is 0. The fourth-order valence-corrected chi connectivity index (χ4v) is 3.47. The van der Waals surface area contributed by atoms with Crippen LogP contribution in [0.4, 0.5) is 8.78 Å². The number of ketones is 1. The first-order valence-corrected chi connectivity index (χ1v) is 9.76. The number of hydrogen-bond donors (Lipinski definition) is 0. The highest BCUT2D eigenvalue weighted by Gasteiger charge is 2.23. The molecule has 3 rings (SSSR count). The predicted molar refractivity (Wildman–Crippen MR) is 112 cm³/mol. The molecule has 0 fully saturated rings. The van der Waals surface area contributed by atoms with Crippen molar-refractivity contribution in [2.75, 3.05) is 0 Å². The smallest absolute Gasteiger partial charge is 0.387 e. The van der Waals surface area contributed by atoms with Crippen molar-refractivity contribution in [1.82, 2.24) is 4.57 Å². The standard InChI is InChI=1S/C23H22ClF2NO3/c1-13-11-19(9-10-21(13)24)29-16(4)22(28)20-12-14(2)27(15(20)3)17-5-7-18(8-6-17)30-23(25)26/h5-12,16,23H,1-4H3. The van der Waals surface area contributed by atoms with Gasteiger partial charge in [0, 0.05) is 27.7 Å². The summed E-state index contributed by atoms with van der Waals surface area (Å²) in [5.41, 5.74) is 3.73. The Kier molecular flexibility index (Phi) is 6.46. The number of carbonyl (C=O) groups excluding carboxylic acids is 1. The van der Waals surface area contributed by atoms with E-state index in [0.29, 0.717) is 16.3 Å². The SMILES string of the molecule is Cc1cc(OC(C)C(=O)c2cc(C)n(-c3ccc(OC(F)F)cc3)c2C)ccc1Cl. The number of ether oxygens (including phenoxy) is 2. The molecule has 158 valence electrons. The molecule has 0 bridgehead atoms. The van der Waals surface area contributed by atoms with Gasteiger partial charge in [-0.1, -0.05) is 11.6 Å². The van der Waals surface area contributed by atoms with E-state index in [9.17, 15) is 13.6 Å². The topological polar surface area (TPSA) is 40.5 Å². The van der Waals surface area contributed by atoms with Gasteiger partial charge < -0.3 is 14.0 Å². The molecule has 4 nitrogen and oxygen atoms in total. The molecule has 3 aromatic rings. The summed E-state index contributed by atoms with van der Waals surface area (Å²) in [6.45, 7) is 4.41. The van der Waals surface area contributed by atoms with Gasteiger partial charge in [0.2, 0.25) is 5.78 Å². The predicted octanol–water partition coefficient (Wildman–Crippen LogP) is 6.31. The van der Waals surface area contributed by atoms with E-state index in [2.05, 4.69) is 4.74 Å². The summed E-state index contributed by atoms with van der Waals surface area (Å²) < 4.78 is 36.8. The van der Waals surface area contributed by atoms with Gasteiger partial charge in [-0.25, -0.2) is 0 Å².